The first kappa shape index (κ1) is 9.03. The van der Waals surface area contributed by atoms with Gasteiger partial charge in [-0.2, -0.15) is 0 Å². The van der Waals surface area contributed by atoms with Crippen molar-refractivity contribution in [2.45, 2.75) is 0 Å². The summed E-state index contributed by atoms with van der Waals surface area (Å²) in [6.45, 7) is 0. The van der Waals surface area contributed by atoms with Crippen molar-refractivity contribution in [3.63, 3.8) is 0 Å². The number of pyridine rings is 1. The van der Waals surface area contributed by atoms with Crippen LogP contribution in [0.1, 0.15) is 0 Å². The molecule has 1 N–H and O–H groups in total. The van der Waals surface area contributed by atoms with E-state index in [0.717, 1.165) is 5.56 Å². The first-order valence-electron chi connectivity index (χ1n) is 4.21. The molecule has 2 aromatic rings. The number of hydrogen-bond donors (Lipinski definition) is 1. The molecule has 3 heteroatoms. The molecular formula is C11H8ClNO. The molecule has 0 radical (unpaired) electrons. The van der Waals surface area contributed by atoms with E-state index in [-0.39, 0.29) is 5.56 Å². The number of rotatable bonds is 1. The Hall–Kier alpha value is -1.54. The number of aromatic nitrogens is 1. The van der Waals surface area contributed by atoms with Crippen molar-refractivity contribution in [2.75, 3.05) is 0 Å². The third-order valence-corrected chi connectivity index (χ3v) is 2.19. The van der Waals surface area contributed by atoms with Crippen LogP contribution in [0.3, 0.4) is 0 Å². The fourth-order valence-corrected chi connectivity index (χ4v) is 1.50. The van der Waals surface area contributed by atoms with Gasteiger partial charge in [-0.25, -0.2) is 0 Å². The van der Waals surface area contributed by atoms with Crippen LogP contribution in [0.5, 0.6) is 0 Å². The highest BCUT2D eigenvalue weighted by atomic mass is 35.5. The van der Waals surface area contributed by atoms with Crippen LogP contribution in [-0.4, -0.2) is 4.98 Å². The van der Waals surface area contributed by atoms with Gasteiger partial charge in [-0.15, -0.1) is 0 Å². The zero-order valence-electron chi connectivity index (χ0n) is 7.33. The monoisotopic (exact) mass is 205 g/mol. The minimum Gasteiger partial charge on any atom is -0.329 e. The average Bonchev–Trinajstić information content (AvgIpc) is 2.18. The molecule has 0 fully saturated rings. The highest BCUT2D eigenvalue weighted by Crippen LogP contribution is 2.18. The van der Waals surface area contributed by atoms with E-state index in [2.05, 4.69) is 4.98 Å². The summed E-state index contributed by atoms with van der Waals surface area (Å²) in [7, 11) is 0. The number of H-pyrrole nitrogens is 1. The maximum Gasteiger partial charge on any atom is 0.255 e. The average molecular weight is 206 g/mol. The van der Waals surface area contributed by atoms with E-state index in [4.69, 9.17) is 11.6 Å². The van der Waals surface area contributed by atoms with Crippen molar-refractivity contribution < 1.29 is 0 Å². The van der Waals surface area contributed by atoms with Crippen LogP contribution >= 0.6 is 11.6 Å². The summed E-state index contributed by atoms with van der Waals surface area (Å²) in [5, 5.41) is 0.630. The second-order valence-corrected chi connectivity index (χ2v) is 3.36. The fraction of sp³-hybridized carbons (Fsp3) is 0. The molecule has 1 aromatic carbocycles. The Balaban J connectivity index is 2.61. The van der Waals surface area contributed by atoms with Crippen molar-refractivity contribution >= 4 is 11.6 Å². The lowest BCUT2D eigenvalue weighted by Crippen LogP contribution is -2.06. The van der Waals surface area contributed by atoms with Crippen LogP contribution in [0.2, 0.25) is 5.02 Å². The fourth-order valence-electron chi connectivity index (χ4n) is 1.30. The molecule has 1 aromatic heterocycles. The lowest BCUT2D eigenvalue weighted by atomic mass is 10.1. The van der Waals surface area contributed by atoms with Gasteiger partial charge in [0.1, 0.15) is 0 Å². The normalized spacial score (nSPS) is 10.1. The van der Waals surface area contributed by atoms with Crippen molar-refractivity contribution in [1.82, 2.24) is 4.98 Å². The first-order chi connectivity index (χ1) is 6.77. The van der Waals surface area contributed by atoms with Gasteiger partial charge in [0.05, 0.1) is 0 Å². The molecule has 2 nitrogen and oxygen atoms in total. The summed E-state index contributed by atoms with van der Waals surface area (Å²) >= 11 is 5.83. The molecule has 1 heterocycles. The molecule has 0 aliphatic rings. The first-order valence-corrected chi connectivity index (χ1v) is 4.59. The van der Waals surface area contributed by atoms with Gasteiger partial charge in [-0.1, -0.05) is 23.7 Å². The van der Waals surface area contributed by atoms with E-state index in [1.807, 2.05) is 12.1 Å². The SMILES string of the molecule is O=c1[nH]cccc1-c1cccc(Cl)c1. The third kappa shape index (κ3) is 1.70. The second kappa shape index (κ2) is 3.68. The van der Waals surface area contributed by atoms with Crippen molar-refractivity contribution in [3.05, 3.63) is 58.0 Å². The molecule has 2 rings (SSSR count). The Labute approximate surface area is 86.2 Å². The maximum absolute atomic E-state index is 11.4. The van der Waals surface area contributed by atoms with Crippen LogP contribution in [0.15, 0.2) is 47.4 Å². The molecule has 14 heavy (non-hydrogen) atoms. The largest absolute Gasteiger partial charge is 0.329 e. The zero-order valence-corrected chi connectivity index (χ0v) is 8.08. The molecule has 0 aliphatic heterocycles. The predicted molar refractivity (Wildman–Crippen MR) is 57.5 cm³/mol. The molecule has 70 valence electrons. The number of halogens is 1. The quantitative estimate of drug-likeness (QED) is 0.763. The van der Waals surface area contributed by atoms with Gasteiger partial charge in [0, 0.05) is 16.8 Å². The van der Waals surface area contributed by atoms with Gasteiger partial charge >= 0.3 is 0 Å². The van der Waals surface area contributed by atoms with Gasteiger partial charge in [0.2, 0.25) is 0 Å². The topological polar surface area (TPSA) is 32.9 Å². The standard InChI is InChI=1S/C11H8ClNO/c12-9-4-1-3-8(7-9)10-5-2-6-13-11(10)14/h1-7H,(H,13,14). The molecule has 0 unspecified atom stereocenters. The lowest BCUT2D eigenvalue weighted by Gasteiger charge is -1.99. The second-order valence-electron chi connectivity index (χ2n) is 2.92. The van der Waals surface area contributed by atoms with Crippen LogP contribution in [0, 0.1) is 0 Å². The van der Waals surface area contributed by atoms with Gasteiger partial charge in [-0.05, 0) is 29.8 Å². The predicted octanol–water partition coefficient (Wildman–Crippen LogP) is 2.70. The van der Waals surface area contributed by atoms with E-state index >= 15 is 0 Å². The number of aromatic amines is 1. The number of benzene rings is 1. The van der Waals surface area contributed by atoms with Gasteiger partial charge < -0.3 is 4.98 Å². The molecule has 0 aliphatic carbocycles. The summed E-state index contributed by atoms with van der Waals surface area (Å²) in [5.41, 5.74) is 1.36. The van der Waals surface area contributed by atoms with E-state index in [1.165, 1.54) is 0 Å². The highest BCUT2D eigenvalue weighted by Gasteiger charge is 2.01. The van der Waals surface area contributed by atoms with Gasteiger partial charge in [0.15, 0.2) is 0 Å². The summed E-state index contributed by atoms with van der Waals surface area (Å²) in [4.78, 5) is 14.1. The van der Waals surface area contributed by atoms with Crippen molar-refractivity contribution in [3.8, 4) is 11.1 Å². The number of hydrogen-bond acceptors (Lipinski definition) is 1. The number of nitrogens with one attached hydrogen (secondary N) is 1. The minimum absolute atomic E-state index is 0.102. The van der Waals surface area contributed by atoms with Crippen LogP contribution < -0.4 is 5.56 Å². The zero-order chi connectivity index (χ0) is 9.97. The summed E-state index contributed by atoms with van der Waals surface area (Å²) in [6, 6.07) is 10.8. The molecule has 0 spiro atoms. The van der Waals surface area contributed by atoms with Crippen molar-refractivity contribution in [1.29, 1.82) is 0 Å². The van der Waals surface area contributed by atoms with E-state index in [9.17, 15) is 4.79 Å². The van der Waals surface area contributed by atoms with E-state index in [0.29, 0.717) is 10.6 Å². The van der Waals surface area contributed by atoms with E-state index < -0.39 is 0 Å². The molecular weight excluding hydrogens is 198 g/mol. The highest BCUT2D eigenvalue weighted by molar-refractivity contribution is 6.30. The Morgan fingerprint density at radius 3 is 2.71 bits per heavy atom. The molecule has 0 saturated carbocycles. The van der Waals surface area contributed by atoms with E-state index in [1.54, 1.807) is 30.5 Å². The van der Waals surface area contributed by atoms with Gasteiger partial charge in [-0.3, -0.25) is 4.79 Å². The van der Waals surface area contributed by atoms with Crippen LogP contribution in [0.25, 0.3) is 11.1 Å². The smallest absolute Gasteiger partial charge is 0.255 e. The Kier molecular flexibility index (Phi) is 2.37. The molecule has 0 atom stereocenters. The van der Waals surface area contributed by atoms with Crippen LogP contribution in [0.4, 0.5) is 0 Å². The lowest BCUT2D eigenvalue weighted by molar-refractivity contribution is 1.24. The maximum atomic E-state index is 11.4. The third-order valence-electron chi connectivity index (χ3n) is 1.95. The van der Waals surface area contributed by atoms with Crippen LogP contribution in [-0.2, 0) is 0 Å². The Morgan fingerprint density at radius 1 is 1.14 bits per heavy atom. The van der Waals surface area contributed by atoms with Gasteiger partial charge in [0.25, 0.3) is 5.56 Å². The molecule has 0 amide bonds. The summed E-state index contributed by atoms with van der Waals surface area (Å²) in [6.07, 6.45) is 1.61. The minimum atomic E-state index is -0.102. The molecule has 0 bridgehead atoms. The Morgan fingerprint density at radius 2 is 2.00 bits per heavy atom. The molecule has 0 saturated heterocycles. The summed E-state index contributed by atoms with van der Waals surface area (Å²) in [5.74, 6) is 0. The van der Waals surface area contributed by atoms with Crippen molar-refractivity contribution in [2.24, 2.45) is 0 Å². The Bertz CT molecular complexity index is 504. The summed E-state index contributed by atoms with van der Waals surface area (Å²) < 4.78 is 0.